The first-order valence-corrected chi connectivity index (χ1v) is 4.68. The summed E-state index contributed by atoms with van der Waals surface area (Å²) in [6.45, 7) is 6.65. The van der Waals surface area contributed by atoms with Gasteiger partial charge in [0.1, 0.15) is 6.20 Å². The number of halogens is 1. The Bertz CT molecular complexity index is 250. The lowest BCUT2D eigenvalue weighted by molar-refractivity contribution is 1.20. The highest BCUT2D eigenvalue weighted by atomic mass is 79.9. The number of thiazole rings is 1. The van der Waals surface area contributed by atoms with E-state index in [0.717, 1.165) is 11.8 Å². The van der Waals surface area contributed by atoms with Gasteiger partial charge in [-0.25, -0.2) is 0 Å². The molecule has 0 aliphatic heterocycles. The van der Waals surface area contributed by atoms with Crippen molar-refractivity contribution in [3.63, 3.8) is 0 Å². The zero-order chi connectivity index (χ0) is 7.40. The van der Waals surface area contributed by atoms with Gasteiger partial charge in [-0.15, -0.1) is 16.3 Å². The standard InChI is InChI=1S/C6H5BrN2S/c1-8-6-9-4-5(10-6)2-3-7/h4H,2-3H2. The molecule has 10 heavy (non-hydrogen) atoms. The number of aromatic nitrogens is 1. The fourth-order valence-corrected chi connectivity index (χ4v) is 1.94. The molecule has 0 bridgehead atoms. The zero-order valence-electron chi connectivity index (χ0n) is 5.17. The summed E-state index contributed by atoms with van der Waals surface area (Å²) in [6.07, 6.45) is 2.73. The van der Waals surface area contributed by atoms with Crippen molar-refractivity contribution in [2.24, 2.45) is 0 Å². The minimum absolute atomic E-state index is 0.538. The van der Waals surface area contributed by atoms with E-state index in [2.05, 4.69) is 25.8 Å². The molecule has 4 heteroatoms. The first kappa shape index (κ1) is 7.70. The molecule has 1 aromatic heterocycles. The molecule has 0 atom stereocenters. The van der Waals surface area contributed by atoms with Crippen LogP contribution in [0.25, 0.3) is 4.85 Å². The summed E-state index contributed by atoms with van der Waals surface area (Å²) in [4.78, 5) is 8.28. The van der Waals surface area contributed by atoms with E-state index in [1.807, 2.05) is 0 Å². The summed E-state index contributed by atoms with van der Waals surface area (Å²) in [5.41, 5.74) is 0. The average Bonchev–Trinajstić information content (AvgIpc) is 2.37. The van der Waals surface area contributed by atoms with Gasteiger partial charge in [0.15, 0.2) is 0 Å². The molecule has 0 aliphatic rings. The summed E-state index contributed by atoms with van der Waals surface area (Å²) >= 11 is 4.78. The molecule has 0 spiro atoms. The van der Waals surface area contributed by atoms with Crippen LogP contribution in [0.4, 0.5) is 5.13 Å². The average molecular weight is 217 g/mol. The predicted octanol–water partition coefficient (Wildman–Crippen LogP) is 2.63. The minimum atomic E-state index is 0.538. The van der Waals surface area contributed by atoms with Crippen LogP contribution in [0.15, 0.2) is 6.20 Å². The Morgan fingerprint density at radius 1 is 1.80 bits per heavy atom. The Morgan fingerprint density at radius 3 is 3.10 bits per heavy atom. The smallest absolute Gasteiger partial charge is 0.329 e. The fraction of sp³-hybridized carbons (Fsp3) is 0.333. The highest BCUT2D eigenvalue weighted by molar-refractivity contribution is 9.09. The van der Waals surface area contributed by atoms with Gasteiger partial charge in [0.25, 0.3) is 0 Å². The third-order valence-corrected chi connectivity index (χ3v) is 2.33. The van der Waals surface area contributed by atoms with Gasteiger partial charge < -0.3 is 4.85 Å². The van der Waals surface area contributed by atoms with Gasteiger partial charge in [0.05, 0.1) is 0 Å². The van der Waals surface area contributed by atoms with Gasteiger partial charge in [-0.3, -0.25) is 0 Å². The van der Waals surface area contributed by atoms with Gasteiger partial charge in [-0.1, -0.05) is 22.5 Å². The van der Waals surface area contributed by atoms with E-state index in [-0.39, 0.29) is 0 Å². The third kappa shape index (κ3) is 1.79. The van der Waals surface area contributed by atoms with Crippen LogP contribution in [-0.4, -0.2) is 10.3 Å². The molecule has 1 rings (SSSR count). The number of rotatable bonds is 2. The van der Waals surface area contributed by atoms with Gasteiger partial charge in [0.2, 0.25) is 0 Å². The van der Waals surface area contributed by atoms with E-state index < -0.39 is 0 Å². The molecule has 0 saturated carbocycles. The van der Waals surface area contributed by atoms with E-state index in [9.17, 15) is 0 Å². The van der Waals surface area contributed by atoms with E-state index in [1.165, 1.54) is 16.2 Å². The van der Waals surface area contributed by atoms with Crippen LogP contribution in [0.1, 0.15) is 4.88 Å². The molecule has 0 amide bonds. The maximum absolute atomic E-state index is 6.65. The normalized spacial score (nSPS) is 9.20. The van der Waals surface area contributed by atoms with Crippen molar-refractivity contribution in [2.45, 2.75) is 6.42 Å². The molecular weight excluding hydrogens is 212 g/mol. The lowest BCUT2D eigenvalue weighted by Gasteiger charge is -1.83. The lowest BCUT2D eigenvalue weighted by atomic mass is 10.4. The number of alkyl halides is 1. The SMILES string of the molecule is [C-]#[N+]c1ncc(CCBr)s1. The topological polar surface area (TPSA) is 17.2 Å². The van der Waals surface area contributed by atoms with Crippen molar-refractivity contribution in [1.82, 2.24) is 4.98 Å². The van der Waals surface area contributed by atoms with E-state index in [1.54, 1.807) is 6.20 Å². The Balaban J connectivity index is 2.71. The van der Waals surface area contributed by atoms with Crippen LogP contribution in [-0.2, 0) is 6.42 Å². The molecule has 0 fully saturated rings. The summed E-state index contributed by atoms with van der Waals surface area (Å²) in [6, 6.07) is 0. The van der Waals surface area contributed by atoms with Crippen molar-refractivity contribution in [3.05, 3.63) is 22.5 Å². The largest absolute Gasteiger partial charge is 0.351 e. The van der Waals surface area contributed by atoms with Crippen LogP contribution in [0, 0.1) is 6.57 Å². The first-order chi connectivity index (χ1) is 4.86. The lowest BCUT2D eigenvalue weighted by Crippen LogP contribution is -1.76. The van der Waals surface area contributed by atoms with Gasteiger partial charge in [-0.05, 0) is 6.42 Å². The maximum Gasteiger partial charge on any atom is 0.329 e. The van der Waals surface area contributed by atoms with Crippen molar-refractivity contribution in [2.75, 3.05) is 5.33 Å². The molecule has 0 saturated heterocycles. The maximum atomic E-state index is 6.65. The second-order valence-electron chi connectivity index (χ2n) is 1.66. The Morgan fingerprint density at radius 2 is 2.60 bits per heavy atom. The van der Waals surface area contributed by atoms with Gasteiger partial charge in [0, 0.05) is 10.2 Å². The van der Waals surface area contributed by atoms with Crippen molar-refractivity contribution >= 4 is 32.4 Å². The molecule has 0 aliphatic carbocycles. The summed E-state index contributed by atoms with van der Waals surface area (Å²) in [7, 11) is 0. The number of hydrogen-bond acceptors (Lipinski definition) is 2. The van der Waals surface area contributed by atoms with E-state index in [0.29, 0.717) is 5.13 Å². The highest BCUT2D eigenvalue weighted by Crippen LogP contribution is 2.21. The Labute approximate surface area is 71.9 Å². The van der Waals surface area contributed by atoms with Gasteiger partial charge in [-0.2, -0.15) is 0 Å². The molecule has 0 N–H and O–H groups in total. The molecular formula is C6H5BrN2S. The first-order valence-electron chi connectivity index (χ1n) is 2.75. The van der Waals surface area contributed by atoms with Crippen LogP contribution >= 0.6 is 27.3 Å². The molecule has 1 heterocycles. The zero-order valence-corrected chi connectivity index (χ0v) is 7.57. The Kier molecular flexibility index (Phi) is 2.84. The van der Waals surface area contributed by atoms with E-state index >= 15 is 0 Å². The number of hydrogen-bond donors (Lipinski definition) is 0. The summed E-state index contributed by atoms with van der Waals surface area (Å²) < 4.78 is 0. The van der Waals surface area contributed by atoms with Crippen molar-refractivity contribution < 1.29 is 0 Å². The summed E-state index contributed by atoms with van der Waals surface area (Å²) in [5.74, 6) is 0. The Hall–Kier alpha value is -0.400. The third-order valence-electron chi connectivity index (χ3n) is 0.978. The second kappa shape index (κ2) is 3.69. The quantitative estimate of drug-likeness (QED) is 0.549. The van der Waals surface area contributed by atoms with Crippen molar-refractivity contribution in [1.29, 1.82) is 0 Å². The molecule has 2 nitrogen and oxygen atoms in total. The molecule has 0 unspecified atom stereocenters. The molecule has 0 radical (unpaired) electrons. The number of aryl methyl sites for hydroxylation is 1. The van der Waals surface area contributed by atoms with Crippen LogP contribution in [0.3, 0.4) is 0 Å². The summed E-state index contributed by atoms with van der Waals surface area (Å²) in [5, 5.41) is 1.48. The molecule has 1 aromatic rings. The molecule has 0 aromatic carbocycles. The van der Waals surface area contributed by atoms with E-state index in [4.69, 9.17) is 6.57 Å². The van der Waals surface area contributed by atoms with Crippen LogP contribution < -0.4 is 0 Å². The number of nitrogens with zero attached hydrogens (tertiary/aromatic N) is 2. The van der Waals surface area contributed by atoms with Gasteiger partial charge >= 0.3 is 5.13 Å². The minimum Gasteiger partial charge on any atom is -0.351 e. The predicted molar refractivity (Wildman–Crippen MR) is 45.9 cm³/mol. The molecule has 52 valence electrons. The fourth-order valence-electron chi connectivity index (χ4n) is 0.558. The monoisotopic (exact) mass is 216 g/mol. The highest BCUT2D eigenvalue weighted by Gasteiger charge is 2.00. The van der Waals surface area contributed by atoms with Crippen LogP contribution in [0.2, 0.25) is 0 Å². The second-order valence-corrected chi connectivity index (χ2v) is 3.55. The van der Waals surface area contributed by atoms with Crippen LogP contribution in [0.5, 0.6) is 0 Å². The van der Waals surface area contributed by atoms with Crippen molar-refractivity contribution in [3.8, 4) is 0 Å².